The summed E-state index contributed by atoms with van der Waals surface area (Å²) in [5.41, 5.74) is -0.579. The predicted molar refractivity (Wildman–Crippen MR) is 46.8 cm³/mol. The van der Waals surface area contributed by atoms with Crippen LogP contribution in [0.25, 0.3) is 0 Å². The van der Waals surface area contributed by atoms with Crippen LogP contribution in [0.15, 0.2) is 6.20 Å². The number of alkyl halides is 3. The molecule has 0 aliphatic rings. The Labute approximate surface area is 86.0 Å². The zero-order chi connectivity index (χ0) is 10.0. The fraction of sp³-hybridized carbons (Fsp3) is 0.286. The number of halogens is 5. The molecule has 0 spiro atoms. The molecule has 0 fully saturated rings. The maximum atomic E-state index is 12.8. The van der Waals surface area contributed by atoms with Crippen molar-refractivity contribution in [1.82, 2.24) is 4.98 Å². The highest BCUT2D eigenvalue weighted by molar-refractivity contribution is 9.08. The zero-order valence-electron chi connectivity index (χ0n) is 6.20. The van der Waals surface area contributed by atoms with Crippen molar-refractivity contribution in [3.63, 3.8) is 0 Å². The van der Waals surface area contributed by atoms with Crippen LogP contribution in [0, 0.1) is 5.82 Å². The van der Waals surface area contributed by atoms with Gasteiger partial charge in [0.05, 0.1) is 22.5 Å². The van der Waals surface area contributed by atoms with Crippen LogP contribution in [-0.4, -0.2) is 4.98 Å². The van der Waals surface area contributed by atoms with Gasteiger partial charge in [-0.2, -0.15) is 0 Å². The highest BCUT2D eigenvalue weighted by Crippen LogP contribution is 2.31. The lowest BCUT2D eigenvalue weighted by Crippen LogP contribution is -1.98. The number of pyridine rings is 1. The van der Waals surface area contributed by atoms with Gasteiger partial charge in [-0.3, -0.25) is 4.98 Å². The summed E-state index contributed by atoms with van der Waals surface area (Å²) >= 11 is 8.50. The monoisotopic (exact) mass is 273 g/mol. The van der Waals surface area contributed by atoms with Gasteiger partial charge in [0.15, 0.2) is 5.82 Å². The van der Waals surface area contributed by atoms with E-state index in [2.05, 4.69) is 20.9 Å². The first-order valence-corrected chi connectivity index (χ1v) is 4.74. The molecule has 0 aliphatic carbocycles. The van der Waals surface area contributed by atoms with Crippen LogP contribution in [0.3, 0.4) is 0 Å². The molecule has 0 unspecified atom stereocenters. The van der Waals surface area contributed by atoms with E-state index >= 15 is 0 Å². The number of nitrogens with zero attached hydrogens (tertiary/aromatic N) is 1. The van der Waals surface area contributed by atoms with E-state index in [1.165, 1.54) is 0 Å². The minimum absolute atomic E-state index is 0.207. The largest absolute Gasteiger partial charge is 0.268 e. The summed E-state index contributed by atoms with van der Waals surface area (Å²) in [7, 11) is 0. The average Bonchev–Trinajstić information content (AvgIpc) is 2.04. The van der Waals surface area contributed by atoms with Crippen LogP contribution in [0.4, 0.5) is 13.2 Å². The molecular formula is C7H4BrClF3N. The van der Waals surface area contributed by atoms with E-state index in [0.717, 1.165) is 6.20 Å². The van der Waals surface area contributed by atoms with Crippen molar-refractivity contribution in [1.29, 1.82) is 0 Å². The normalized spacial score (nSPS) is 10.9. The Morgan fingerprint density at radius 2 is 2.15 bits per heavy atom. The van der Waals surface area contributed by atoms with E-state index in [1.54, 1.807) is 0 Å². The fourth-order valence-corrected chi connectivity index (χ4v) is 1.69. The summed E-state index contributed by atoms with van der Waals surface area (Å²) in [6, 6.07) is 0. The van der Waals surface area contributed by atoms with E-state index < -0.39 is 17.8 Å². The van der Waals surface area contributed by atoms with Crippen LogP contribution >= 0.6 is 27.5 Å². The van der Waals surface area contributed by atoms with Crippen molar-refractivity contribution < 1.29 is 13.2 Å². The molecular weight excluding hydrogens is 270 g/mol. The van der Waals surface area contributed by atoms with Crippen LogP contribution < -0.4 is 0 Å². The van der Waals surface area contributed by atoms with E-state index in [1.807, 2.05) is 0 Å². The van der Waals surface area contributed by atoms with Crippen LogP contribution in [0.1, 0.15) is 17.7 Å². The van der Waals surface area contributed by atoms with Crippen molar-refractivity contribution in [2.24, 2.45) is 0 Å². The van der Waals surface area contributed by atoms with Crippen molar-refractivity contribution >= 4 is 27.5 Å². The molecule has 1 nitrogen and oxygen atoms in total. The minimum Gasteiger partial charge on any atom is -0.256 e. The summed E-state index contributed by atoms with van der Waals surface area (Å²) in [5.74, 6) is -1.08. The Morgan fingerprint density at radius 3 is 2.62 bits per heavy atom. The molecule has 1 rings (SSSR count). The maximum Gasteiger partial charge on any atom is 0.268 e. The number of hydrogen-bond donors (Lipinski definition) is 0. The van der Waals surface area contributed by atoms with E-state index in [4.69, 9.17) is 11.6 Å². The van der Waals surface area contributed by atoms with E-state index in [0.29, 0.717) is 0 Å². The van der Waals surface area contributed by atoms with Gasteiger partial charge in [-0.15, -0.1) is 0 Å². The Hall–Kier alpha value is -0.290. The highest BCUT2D eigenvalue weighted by Gasteiger charge is 2.20. The molecule has 13 heavy (non-hydrogen) atoms. The predicted octanol–water partition coefficient (Wildman–Crippen LogP) is 3.71. The van der Waals surface area contributed by atoms with Gasteiger partial charge in [0.1, 0.15) is 0 Å². The smallest absolute Gasteiger partial charge is 0.256 e. The van der Waals surface area contributed by atoms with Gasteiger partial charge >= 0.3 is 0 Å². The molecule has 0 aromatic carbocycles. The quantitative estimate of drug-likeness (QED) is 0.749. The average molecular weight is 274 g/mol. The van der Waals surface area contributed by atoms with Crippen LogP contribution in [0.2, 0.25) is 5.02 Å². The molecule has 0 atom stereocenters. The number of aromatic nitrogens is 1. The zero-order valence-corrected chi connectivity index (χ0v) is 8.54. The van der Waals surface area contributed by atoms with Gasteiger partial charge in [0.2, 0.25) is 0 Å². The molecule has 1 heterocycles. The Kier molecular flexibility index (Phi) is 3.55. The molecule has 0 aliphatic heterocycles. The van der Waals surface area contributed by atoms with Crippen molar-refractivity contribution in [2.75, 3.05) is 0 Å². The van der Waals surface area contributed by atoms with E-state index in [9.17, 15) is 13.2 Å². The van der Waals surface area contributed by atoms with Gasteiger partial charge < -0.3 is 0 Å². The second kappa shape index (κ2) is 4.28. The highest BCUT2D eigenvalue weighted by atomic mass is 79.9. The van der Waals surface area contributed by atoms with Gasteiger partial charge in [-0.05, 0) is 0 Å². The Balaban J connectivity index is 3.30. The minimum atomic E-state index is -2.92. The van der Waals surface area contributed by atoms with Crippen LogP contribution in [0.5, 0.6) is 0 Å². The van der Waals surface area contributed by atoms with Gasteiger partial charge in [-0.25, -0.2) is 13.2 Å². The first kappa shape index (κ1) is 10.8. The maximum absolute atomic E-state index is 12.8. The molecule has 0 saturated heterocycles. The third-order valence-electron chi connectivity index (χ3n) is 1.43. The summed E-state index contributed by atoms with van der Waals surface area (Å²) in [6.45, 7) is 0. The lowest BCUT2D eigenvalue weighted by atomic mass is 10.2. The molecule has 72 valence electrons. The summed E-state index contributed by atoms with van der Waals surface area (Å²) in [6.07, 6.45) is -2.18. The summed E-state index contributed by atoms with van der Waals surface area (Å²) < 4.78 is 37.3. The third kappa shape index (κ3) is 2.14. The van der Waals surface area contributed by atoms with E-state index in [-0.39, 0.29) is 16.0 Å². The number of hydrogen-bond acceptors (Lipinski definition) is 1. The third-order valence-corrected chi connectivity index (χ3v) is 2.38. The van der Waals surface area contributed by atoms with Gasteiger partial charge in [0.25, 0.3) is 6.43 Å². The first-order valence-electron chi connectivity index (χ1n) is 3.24. The molecule has 0 amide bonds. The number of rotatable bonds is 2. The lowest BCUT2D eigenvalue weighted by Gasteiger charge is -2.06. The Morgan fingerprint density at radius 1 is 1.54 bits per heavy atom. The molecule has 1 aromatic rings. The summed E-state index contributed by atoms with van der Waals surface area (Å²) in [4.78, 5) is 3.55. The van der Waals surface area contributed by atoms with Crippen molar-refractivity contribution in [3.8, 4) is 0 Å². The van der Waals surface area contributed by atoms with Gasteiger partial charge in [-0.1, -0.05) is 27.5 Å². The molecule has 0 N–H and O–H groups in total. The molecule has 0 radical (unpaired) electrons. The lowest BCUT2D eigenvalue weighted by molar-refractivity contribution is 0.146. The second-order valence-electron chi connectivity index (χ2n) is 2.21. The molecule has 0 saturated carbocycles. The van der Waals surface area contributed by atoms with Crippen molar-refractivity contribution in [2.45, 2.75) is 11.8 Å². The topological polar surface area (TPSA) is 12.9 Å². The van der Waals surface area contributed by atoms with Crippen LogP contribution in [-0.2, 0) is 5.33 Å². The molecule has 6 heteroatoms. The standard InChI is InChI=1S/C7H4BrClF3N/c8-1-4-6(9)5(7(11)12)3(10)2-13-4/h2,7H,1H2. The van der Waals surface area contributed by atoms with Gasteiger partial charge in [0, 0.05) is 5.33 Å². The SMILES string of the molecule is Fc1cnc(CBr)c(Cl)c1C(F)F. The fourth-order valence-electron chi connectivity index (χ4n) is 0.814. The van der Waals surface area contributed by atoms with Crippen molar-refractivity contribution in [3.05, 3.63) is 28.3 Å². The first-order chi connectivity index (χ1) is 6.07. The summed E-state index contributed by atoms with van der Waals surface area (Å²) in [5, 5.41) is -0.0990. The molecule has 1 aromatic heterocycles. The second-order valence-corrected chi connectivity index (χ2v) is 3.15. The molecule has 0 bridgehead atoms. The Bertz CT molecular complexity index is 319.